The van der Waals surface area contributed by atoms with Crippen LogP contribution in [0.5, 0.6) is 5.75 Å². The van der Waals surface area contributed by atoms with Crippen molar-refractivity contribution >= 4 is 16.9 Å². The van der Waals surface area contributed by atoms with Gasteiger partial charge in [-0.05, 0) is 49.7 Å². The molecule has 0 amide bonds. The van der Waals surface area contributed by atoms with E-state index in [4.69, 9.17) is 9.47 Å². The second-order valence-corrected chi connectivity index (χ2v) is 8.11. The number of aromatic amines is 1. The van der Waals surface area contributed by atoms with Gasteiger partial charge in [0.05, 0.1) is 43.7 Å². The first-order valence-corrected chi connectivity index (χ1v) is 11.2. The van der Waals surface area contributed by atoms with Gasteiger partial charge >= 0.3 is 5.97 Å². The number of aryl methyl sites for hydroxylation is 2. The van der Waals surface area contributed by atoms with E-state index in [0.717, 1.165) is 33.7 Å². The first-order chi connectivity index (χ1) is 17.0. The quantitative estimate of drug-likeness (QED) is 0.359. The number of nitrogens with zero attached hydrogens (tertiary/aromatic N) is 6. The summed E-state index contributed by atoms with van der Waals surface area (Å²) in [5.74, 6) is 1.63. The van der Waals surface area contributed by atoms with Crippen LogP contribution in [0, 0.1) is 6.92 Å². The summed E-state index contributed by atoms with van der Waals surface area (Å²) in [6.07, 6.45) is 1.72. The summed E-state index contributed by atoms with van der Waals surface area (Å²) < 4.78 is 14.2. The van der Waals surface area contributed by atoms with E-state index in [1.54, 1.807) is 25.4 Å². The van der Waals surface area contributed by atoms with E-state index in [1.165, 1.54) is 7.11 Å². The molecule has 0 radical (unpaired) electrons. The minimum atomic E-state index is -0.441. The zero-order valence-electron chi connectivity index (χ0n) is 19.9. The average Bonchev–Trinajstić information content (AvgIpc) is 3.61. The largest absolute Gasteiger partial charge is 0.497 e. The molecule has 5 aromatic rings. The van der Waals surface area contributed by atoms with Crippen LogP contribution in [0.2, 0.25) is 0 Å². The maximum atomic E-state index is 12.4. The molecule has 0 saturated heterocycles. The second kappa shape index (κ2) is 9.05. The monoisotopic (exact) mass is 471 g/mol. The van der Waals surface area contributed by atoms with E-state index in [0.29, 0.717) is 35.8 Å². The van der Waals surface area contributed by atoms with Crippen LogP contribution >= 0.6 is 0 Å². The van der Waals surface area contributed by atoms with Crippen LogP contribution in [0.1, 0.15) is 28.5 Å². The van der Waals surface area contributed by atoms with Crippen molar-refractivity contribution in [1.29, 1.82) is 0 Å². The number of hydrogen-bond acceptors (Lipinski definition) is 7. The van der Waals surface area contributed by atoms with Crippen molar-refractivity contribution in [2.75, 3.05) is 14.2 Å². The number of hydrogen-bond donors (Lipinski definition) is 1. The first kappa shape index (κ1) is 22.3. The molecule has 0 aliphatic carbocycles. The Bertz CT molecular complexity index is 1510. The van der Waals surface area contributed by atoms with Crippen LogP contribution < -0.4 is 4.74 Å². The Morgan fingerprint density at radius 1 is 1.06 bits per heavy atom. The minimum Gasteiger partial charge on any atom is -0.497 e. The van der Waals surface area contributed by atoms with E-state index < -0.39 is 5.97 Å². The van der Waals surface area contributed by atoms with Crippen LogP contribution in [0.15, 0.2) is 48.7 Å². The van der Waals surface area contributed by atoms with Gasteiger partial charge in [0.2, 0.25) is 0 Å². The third-order valence-electron chi connectivity index (χ3n) is 5.90. The van der Waals surface area contributed by atoms with Gasteiger partial charge in [-0.2, -0.15) is 10.2 Å². The van der Waals surface area contributed by atoms with Gasteiger partial charge in [0, 0.05) is 17.5 Å². The molecule has 0 fully saturated rings. The van der Waals surface area contributed by atoms with Gasteiger partial charge in [0.1, 0.15) is 11.4 Å². The zero-order valence-corrected chi connectivity index (χ0v) is 19.9. The molecule has 0 atom stereocenters. The van der Waals surface area contributed by atoms with Gasteiger partial charge in [-0.3, -0.25) is 9.78 Å². The molecule has 10 nitrogen and oxygen atoms in total. The normalized spacial score (nSPS) is 11.2. The molecule has 3 heterocycles. The lowest BCUT2D eigenvalue weighted by Gasteiger charge is -2.13. The molecule has 1 N–H and O–H groups in total. The fraction of sp³-hybridized carbons (Fsp3) is 0.240. The second-order valence-electron chi connectivity index (χ2n) is 8.11. The Balaban J connectivity index is 1.73. The van der Waals surface area contributed by atoms with Crippen molar-refractivity contribution in [1.82, 2.24) is 34.7 Å². The number of rotatable bonds is 7. The zero-order chi connectivity index (χ0) is 24.5. The summed E-state index contributed by atoms with van der Waals surface area (Å²) in [7, 11) is 3.00. The van der Waals surface area contributed by atoms with Gasteiger partial charge in [0.25, 0.3) is 0 Å². The number of ether oxygens (including phenoxy) is 2. The lowest BCUT2D eigenvalue weighted by atomic mass is 10.0. The highest BCUT2D eigenvalue weighted by molar-refractivity contribution is 6.00. The maximum absolute atomic E-state index is 12.4. The summed E-state index contributed by atoms with van der Waals surface area (Å²) in [4.78, 5) is 12.4. The van der Waals surface area contributed by atoms with Gasteiger partial charge in [-0.1, -0.05) is 12.1 Å². The highest BCUT2D eigenvalue weighted by Gasteiger charge is 2.23. The number of methoxy groups -OCH3 is 2. The van der Waals surface area contributed by atoms with Gasteiger partial charge in [0.15, 0.2) is 11.6 Å². The molecule has 2 aromatic carbocycles. The molecule has 3 aromatic heterocycles. The number of carbonyl (C=O) groups is 1. The number of fused-ring (bicyclic) bond motifs is 1. The van der Waals surface area contributed by atoms with E-state index >= 15 is 0 Å². The Morgan fingerprint density at radius 2 is 1.83 bits per heavy atom. The smallest absolute Gasteiger partial charge is 0.337 e. The number of esters is 1. The lowest BCUT2D eigenvalue weighted by molar-refractivity contribution is 0.0601. The fourth-order valence-corrected chi connectivity index (χ4v) is 4.19. The molecule has 0 saturated carbocycles. The van der Waals surface area contributed by atoms with Crippen LogP contribution in [-0.4, -0.2) is 54.9 Å². The molecule has 5 rings (SSSR count). The van der Waals surface area contributed by atoms with Crippen molar-refractivity contribution in [2.24, 2.45) is 0 Å². The minimum absolute atomic E-state index is 0.397. The molecule has 178 valence electrons. The number of nitrogens with one attached hydrogen (secondary N) is 1. The van der Waals surface area contributed by atoms with Gasteiger partial charge in [-0.15, -0.1) is 10.2 Å². The predicted molar refractivity (Wildman–Crippen MR) is 130 cm³/mol. The Labute approximate surface area is 201 Å². The Kier molecular flexibility index (Phi) is 5.77. The molecule has 0 bridgehead atoms. The highest BCUT2D eigenvalue weighted by Crippen LogP contribution is 2.32. The molecule has 0 unspecified atom stereocenters. The van der Waals surface area contributed by atoms with E-state index in [2.05, 4.69) is 25.5 Å². The van der Waals surface area contributed by atoms with Crippen molar-refractivity contribution in [3.63, 3.8) is 0 Å². The molecular formula is C25H25N7O3. The third kappa shape index (κ3) is 4.03. The van der Waals surface area contributed by atoms with E-state index in [9.17, 15) is 4.79 Å². The summed E-state index contributed by atoms with van der Waals surface area (Å²) in [5, 5.41) is 21.7. The summed E-state index contributed by atoms with van der Waals surface area (Å²) >= 11 is 0. The molecule has 0 aliphatic heterocycles. The standard InChI is InChI=1S/C25H25N7O3/c1-5-32-22(10-15(2)30-32)24-29-28-23(31(24)14-16-6-8-18(34-3)9-7-16)19-11-17(25(33)35-4)12-21-20(19)13-26-27-21/h6-13H,5,14H2,1-4H3,(H,26,27). The topological polar surface area (TPSA) is 113 Å². The molecule has 0 aliphatic rings. The molecule has 0 spiro atoms. The van der Waals surface area contributed by atoms with Crippen molar-refractivity contribution in [2.45, 2.75) is 26.9 Å². The van der Waals surface area contributed by atoms with Crippen LogP contribution in [0.3, 0.4) is 0 Å². The van der Waals surface area contributed by atoms with Crippen molar-refractivity contribution in [3.05, 3.63) is 65.5 Å². The van der Waals surface area contributed by atoms with Crippen LogP contribution in [0.4, 0.5) is 0 Å². The number of aromatic nitrogens is 7. The van der Waals surface area contributed by atoms with Gasteiger partial charge < -0.3 is 14.0 Å². The lowest BCUT2D eigenvalue weighted by Crippen LogP contribution is -2.08. The van der Waals surface area contributed by atoms with E-state index in [-0.39, 0.29) is 0 Å². The maximum Gasteiger partial charge on any atom is 0.337 e. The highest BCUT2D eigenvalue weighted by atomic mass is 16.5. The Hall–Kier alpha value is -4.47. The number of H-pyrrole nitrogens is 1. The summed E-state index contributed by atoms with van der Waals surface area (Å²) in [6.45, 7) is 5.18. The SMILES string of the molecule is CCn1nc(C)cc1-c1nnc(-c2cc(C(=O)OC)cc3[nH]ncc23)n1Cc1ccc(OC)cc1. The number of carbonyl (C=O) groups excluding carboxylic acids is 1. The van der Waals surface area contributed by atoms with Crippen molar-refractivity contribution in [3.8, 4) is 28.7 Å². The average molecular weight is 472 g/mol. The van der Waals surface area contributed by atoms with E-state index in [1.807, 2.05) is 53.4 Å². The van der Waals surface area contributed by atoms with Gasteiger partial charge in [-0.25, -0.2) is 4.79 Å². The van der Waals surface area contributed by atoms with Crippen molar-refractivity contribution < 1.29 is 14.3 Å². The predicted octanol–water partition coefficient (Wildman–Crippen LogP) is 3.86. The molecule has 10 heteroatoms. The molecule has 35 heavy (non-hydrogen) atoms. The molecular weight excluding hydrogens is 446 g/mol. The third-order valence-corrected chi connectivity index (χ3v) is 5.90. The summed E-state index contributed by atoms with van der Waals surface area (Å²) in [5.41, 5.74) is 4.63. The van der Waals surface area contributed by atoms with Crippen LogP contribution in [-0.2, 0) is 17.8 Å². The van der Waals surface area contributed by atoms with Crippen LogP contribution in [0.25, 0.3) is 33.8 Å². The fourth-order valence-electron chi connectivity index (χ4n) is 4.19. The number of benzene rings is 2. The first-order valence-electron chi connectivity index (χ1n) is 11.2. The summed E-state index contributed by atoms with van der Waals surface area (Å²) in [6, 6.07) is 13.3. The Morgan fingerprint density at radius 3 is 2.54 bits per heavy atom.